The van der Waals surface area contributed by atoms with Gasteiger partial charge in [0.05, 0.1) is 6.54 Å². The van der Waals surface area contributed by atoms with Crippen LogP contribution in [0, 0.1) is 0 Å². The maximum absolute atomic E-state index is 11.0. The van der Waals surface area contributed by atoms with Crippen molar-refractivity contribution in [3.63, 3.8) is 0 Å². The fourth-order valence-corrected chi connectivity index (χ4v) is 2.66. The molecule has 1 rings (SSSR count). The molecule has 2 atom stereocenters. The van der Waals surface area contributed by atoms with Gasteiger partial charge in [-0.05, 0) is 6.92 Å². The van der Waals surface area contributed by atoms with Crippen LogP contribution in [0.5, 0.6) is 0 Å². The highest BCUT2D eigenvalue weighted by molar-refractivity contribution is 7.85. The van der Waals surface area contributed by atoms with Crippen LogP contribution in [0.25, 0.3) is 0 Å². The first kappa shape index (κ1) is 12.9. The number of rotatable bonds is 2. The second kappa shape index (κ2) is 5.57. The minimum Gasteiger partial charge on any atom is -0.480 e. The van der Waals surface area contributed by atoms with Gasteiger partial charge in [-0.15, -0.1) is 12.4 Å². The van der Waals surface area contributed by atoms with Gasteiger partial charge >= 0.3 is 5.97 Å². The van der Waals surface area contributed by atoms with E-state index in [1.54, 1.807) is 0 Å². The molecule has 1 N–H and O–H groups in total. The molecule has 1 aliphatic heterocycles. The molecular formula is C7H14ClNO3S. The fourth-order valence-electron chi connectivity index (χ4n) is 1.31. The molecule has 0 aromatic heterocycles. The lowest BCUT2D eigenvalue weighted by Crippen LogP contribution is -2.46. The quantitative estimate of drug-likeness (QED) is 0.719. The molecular weight excluding hydrogens is 214 g/mol. The van der Waals surface area contributed by atoms with Crippen molar-refractivity contribution in [3.05, 3.63) is 0 Å². The standard InChI is InChI=1S/C7H13NO3S.ClH/c1-6-5-12(11)3-2-8(6)4-7(9)10;/h6H,2-5H2,1H3,(H,9,10);1H. The van der Waals surface area contributed by atoms with Crippen molar-refractivity contribution in [2.45, 2.75) is 13.0 Å². The molecule has 4 nitrogen and oxygen atoms in total. The summed E-state index contributed by atoms with van der Waals surface area (Å²) in [7, 11) is -0.740. The Morgan fingerprint density at radius 1 is 1.69 bits per heavy atom. The summed E-state index contributed by atoms with van der Waals surface area (Å²) in [6.07, 6.45) is 0. The van der Waals surface area contributed by atoms with Crippen molar-refractivity contribution < 1.29 is 14.1 Å². The van der Waals surface area contributed by atoms with Gasteiger partial charge in [-0.25, -0.2) is 0 Å². The zero-order valence-electron chi connectivity index (χ0n) is 7.43. The molecule has 1 saturated heterocycles. The Kier molecular flexibility index (Phi) is 5.51. The third kappa shape index (κ3) is 4.06. The number of hydrogen-bond donors (Lipinski definition) is 1. The van der Waals surface area contributed by atoms with E-state index in [4.69, 9.17) is 5.11 Å². The van der Waals surface area contributed by atoms with Crippen molar-refractivity contribution in [1.29, 1.82) is 0 Å². The molecule has 1 heterocycles. The van der Waals surface area contributed by atoms with Crippen molar-refractivity contribution in [3.8, 4) is 0 Å². The molecule has 0 aromatic rings. The highest BCUT2D eigenvalue weighted by Crippen LogP contribution is 2.07. The Labute approximate surface area is 86.2 Å². The predicted octanol–water partition coefficient (Wildman–Crippen LogP) is -0.0544. The number of carbonyl (C=O) groups is 1. The zero-order valence-corrected chi connectivity index (χ0v) is 9.07. The lowest BCUT2D eigenvalue weighted by molar-refractivity contribution is -0.138. The van der Waals surface area contributed by atoms with Crippen LogP contribution in [0.3, 0.4) is 0 Å². The van der Waals surface area contributed by atoms with Crippen LogP contribution < -0.4 is 0 Å². The predicted molar refractivity (Wildman–Crippen MR) is 53.8 cm³/mol. The molecule has 1 fully saturated rings. The third-order valence-electron chi connectivity index (χ3n) is 1.99. The van der Waals surface area contributed by atoms with Gasteiger partial charge in [0.25, 0.3) is 0 Å². The largest absolute Gasteiger partial charge is 0.480 e. The van der Waals surface area contributed by atoms with Gasteiger partial charge in [0.1, 0.15) is 0 Å². The summed E-state index contributed by atoms with van der Waals surface area (Å²) in [4.78, 5) is 12.2. The van der Waals surface area contributed by atoms with Gasteiger partial charge in [0, 0.05) is 34.9 Å². The summed E-state index contributed by atoms with van der Waals surface area (Å²) < 4.78 is 11.0. The topological polar surface area (TPSA) is 57.6 Å². The zero-order chi connectivity index (χ0) is 9.14. The molecule has 0 aliphatic carbocycles. The second-order valence-electron chi connectivity index (χ2n) is 3.02. The van der Waals surface area contributed by atoms with Crippen molar-refractivity contribution in [2.24, 2.45) is 0 Å². The maximum atomic E-state index is 11.0. The van der Waals surface area contributed by atoms with Crippen LogP contribution in [0.2, 0.25) is 0 Å². The number of nitrogens with zero attached hydrogens (tertiary/aromatic N) is 1. The van der Waals surface area contributed by atoms with Crippen molar-refractivity contribution in [2.75, 3.05) is 24.6 Å². The first-order chi connectivity index (χ1) is 5.59. The number of carboxylic acid groups (broad SMARTS) is 1. The van der Waals surface area contributed by atoms with E-state index < -0.39 is 16.8 Å². The van der Waals surface area contributed by atoms with Crippen LogP contribution in [0.4, 0.5) is 0 Å². The van der Waals surface area contributed by atoms with Crippen molar-refractivity contribution in [1.82, 2.24) is 4.90 Å². The van der Waals surface area contributed by atoms with E-state index in [1.807, 2.05) is 11.8 Å². The molecule has 0 aromatic carbocycles. The van der Waals surface area contributed by atoms with E-state index in [-0.39, 0.29) is 25.0 Å². The van der Waals surface area contributed by atoms with Gasteiger partial charge in [0.2, 0.25) is 0 Å². The minimum absolute atomic E-state index is 0. The number of aliphatic carboxylic acids is 1. The van der Waals surface area contributed by atoms with Gasteiger partial charge in [-0.3, -0.25) is 13.9 Å². The van der Waals surface area contributed by atoms with Gasteiger partial charge < -0.3 is 5.11 Å². The number of carboxylic acids is 1. The normalized spacial score (nSPS) is 29.3. The Hall–Kier alpha value is -0.130. The average Bonchev–Trinajstić information content (AvgIpc) is 1.94. The third-order valence-corrected chi connectivity index (χ3v) is 3.49. The van der Waals surface area contributed by atoms with E-state index in [1.165, 1.54) is 0 Å². The summed E-state index contributed by atoms with van der Waals surface area (Å²) in [5, 5.41) is 8.53. The first-order valence-electron chi connectivity index (χ1n) is 3.90. The molecule has 6 heteroatoms. The van der Waals surface area contributed by atoms with Gasteiger partial charge in [-0.2, -0.15) is 0 Å². The smallest absolute Gasteiger partial charge is 0.317 e. The summed E-state index contributed by atoms with van der Waals surface area (Å²) in [5.74, 6) is 0.403. The Bertz CT molecular complexity index is 212. The molecule has 78 valence electrons. The summed E-state index contributed by atoms with van der Waals surface area (Å²) in [6.45, 7) is 2.62. The summed E-state index contributed by atoms with van der Waals surface area (Å²) in [6, 6.07) is 0.135. The maximum Gasteiger partial charge on any atom is 0.317 e. The fraction of sp³-hybridized carbons (Fsp3) is 0.857. The molecule has 0 spiro atoms. The molecule has 2 unspecified atom stereocenters. The minimum atomic E-state index is -0.811. The van der Waals surface area contributed by atoms with E-state index in [9.17, 15) is 9.00 Å². The van der Waals surface area contributed by atoms with Crippen LogP contribution in [-0.2, 0) is 15.6 Å². The molecule has 0 radical (unpaired) electrons. The summed E-state index contributed by atoms with van der Waals surface area (Å²) in [5.41, 5.74) is 0. The van der Waals surface area contributed by atoms with Crippen LogP contribution in [0.15, 0.2) is 0 Å². The molecule has 0 amide bonds. The molecule has 0 saturated carbocycles. The highest BCUT2D eigenvalue weighted by Gasteiger charge is 2.23. The number of halogens is 1. The monoisotopic (exact) mass is 227 g/mol. The van der Waals surface area contributed by atoms with Crippen LogP contribution >= 0.6 is 12.4 Å². The first-order valence-corrected chi connectivity index (χ1v) is 5.39. The van der Waals surface area contributed by atoms with E-state index in [0.29, 0.717) is 18.1 Å². The lowest BCUT2D eigenvalue weighted by atomic mass is 10.3. The number of hydrogen-bond acceptors (Lipinski definition) is 3. The van der Waals surface area contributed by atoms with Gasteiger partial charge in [0.15, 0.2) is 0 Å². The average molecular weight is 228 g/mol. The van der Waals surface area contributed by atoms with E-state index >= 15 is 0 Å². The molecule has 0 bridgehead atoms. The van der Waals surface area contributed by atoms with Crippen LogP contribution in [-0.4, -0.2) is 50.8 Å². The van der Waals surface area contributed by atoms with Gasteiger partial charge in [-0.1, -0.05) is 0 Å². The Balaban J connectivity index is 0.00000144. The highest BCUT2D eigenvalue weighted by atomic mass is 35.5. The Morgan fingerprint density at radius 2 is 2.31 bits per heavy atom. The Morgan fingerprint density at radius 3 is 2.77 bits per heavy atom. The molecule has 1 aliphatic rings. The summed E-state index contributed by atoms with van der Waals surface area (Å²) >= 11 is 0. The SMILES string of the molecule is CC1CS(=O)CCN1CC(=O)O.Cl. The van der Waals surface area contributed by atoms with Crippen molar-refractivity contribution >= 4 is 29.2 Å². The van der Waals surface area contributed by atoms with E-state index in [0.717, 1.165) is 0 Å². The molecule has 13 heavy (non-hydrogen) atoms. The second-order valence-corrected chi connectivity index (χ2v) is 4.65. The van der Waals surface area contributed by atoms with Crippen LogP contribution in [0.1, 0.15) is 6.92 Å². The van der Waals surface area contributed by atoms with E-state index in [2.05, 4.69) is 0 Å². The lowest BCUT2D eigenvalue weighted by Gasteiger charge is -2.31.